The Balaban J connectivity index is -0.0000000580. The smallest absolute Gasteiger partial charge is 0.0269 e. The van der Waals surface area contributed by atoms with Gasteiger partial charge in [-0.3, -0.25) is 14.1 Å². The van der Waals surface area contributed by atoms with E-state index in [4.69, 9.17) is 0 Å². The van der Waals surface area contributed by atoms with E-state index >= 15 is 0 Å². The third-order valence-corrected chi connectivity index (χ3v) is 3.02. The van der Waals surface area contributed by atoms with Crippen LogP contribution in [0, 0.1) is 0 Å². The van der Waals surface area contributed by atoms with Crippen LogP contribution in [0.5, 0.6) is 0 Å². The van der Waals surface area contributed by atoms with E-state index in [0.717, 1.165) is 39.3 Å². The molecule has 0 saturated carbocycles. The van der Waals surface area contributed by atoms with Gasteiger partial charge in [0, 0.05) is 39.3 Å². The zero-order valence-electron chi connectivity index (χ0n) is 15.9. The largest absolute Gasteiger partial charge is 0.269 e. The van der Waals surface area contributed by atoms with Crippen LogP contribution in [0.2, 0.25) is 0 Å². The van der Waals surface area contributed by atoms with Gasteiger partial charge in [0.1, 0.15) is 0 Å². The highest BCUT2D eigenvalue weighted by Gasteiger charge is 1.88. The Bertz CT molecular complexity index is 278. The van der Waals surface area contributed by atoms with Gasteiger partial charge in [-0.1, -0.05) is 74.9 Å². The topological polar surface area (TPSA) is 9.72 Å². The Morgan fingerprint density at radius 3 is 0.593 bits per heavy atom. The van der Waals surface area contributed by atoms with E-state index in [9.17, 15) is 0 Å². The van der Waals surface area contributed by atoms with Gasteiger partial charge in [-0.15, -0.1) is 39.5 Å². The Kier molecular flexibility index (Phi) is 54.5. The summed E-state index contributed by atoms with van der Waals surface area (Å²) in [5.41, 5.74) is 0. The molecule has 0 bridgehead atoms. The molecule has 27 heavy (non-hydrogen) atoms. The molecule has 0 radical (unpaired) electrons. The van der Waals surface area contributed by atoms with E-state index in [1.807, 2.05) is 12.9 Å². The molecular weight excluding hydrogens is 411 g/mol. The molecule has 3 nitrogen and oxygen atoms in total. The molecule has 0 aromatic carbocycles. The fraction of sp³-hybridized carbons (Fsp3) is 0.333. The first-order valence-electron chi connectivity index (χ1n) is 7.40. The average molecular weight is 448 g/mol. The summed E-state index contributed by atoms with van der Waals surface area (Å²) in [7, 11) is 0. The van der Waals surface area contributed by atoms with Gasteiger partial charge < -0.3 is 0 Å². The van der Waals surface area contributed by atoms with Crippen molar-refractivity contribution in [2.24, 2.45) is 0 Å². The van der Waals surface area contributed by atoms with Crippen molar-refractivity contribution in [3.05, 3.63) is 75.9 Å². The molecule has 0 amide bonds. The highest BCUT2D eigenvalue weighted by molar-refractivity contribution is 7.78. The first-order chi connectivity index (χ1) is 11.4. The summed E-state index contributed by atoms with van der Waals surface area (Å²) in [6.07, 6.45) is 10.8. The minimum absolute atomic E-state index is 0. The standard InChI is InChI=1S/3C6H11NS.3FH/c3*1-3-5-7(8)6-4-2;;;/h3*3-4,8H,1-2,5-6H2;3*1H. The molecule has 0 rings (SSSR count). The molecule has 0 heterocycles. The fourth-order valence-corrected chi connectivity index (χ4v) is 1.81. The first kappa shape index (κ1) is 40.7. The molecule has 0 aliphatic rings. The Labute approximate surface area is 180 Å². The van der Waals surface area contributed by atoms with Gasteiger partial charge in [0.05, 0.1) is 0 Å². The molecule has 162 valence electrons. The molecule has 0 aromatic rings. The summed E-state index contributed by atoms with van der Waals surface area (Å²) < 4.78 is 5.46. The lowest BCUT2D eigenvalue weighted by Gasteiger charge is -2.07. The monoisotopic (exact) mass is 447 g/mol. The number of hydrogen-bond acceptors (Lipinski definition) is 6. The molecule has 0 N–H and O–H groups in total. The third-order valence-electron chi connectivity index (χ3n) is 2.04. The number of nitrogens with zero attached hydrogens (tertiary/aromatic N) is 3. The van der Waals surface area contributed by atoms with Crippen LogP contribution >= 0.6 is 38.4 Å². The average Bonchev–Trinajstić information content (AvgIpc) is 2.50. The second-order valence-corrected chi connectivity index (χ2v) is 6.04. The highest BCUT2D eigenvalue weighted by atomic mass is 32.1. The van der Waals surface area contributed by atoms with Crippen molar-refractivity contribution in [2.45, 2.75) is 0 Å². The van der Waals surface area contributed by atoms with E-state index in [1.165, 1.54) is 0 Å². The van der Waals surface area contributed by atoms with Gasteiger partial charge in [-0.05, 0) is 0 Å². The SMILES string of the molecule is C=CCN(S)CC=C.C=CCN(S)CC=C.C=CCN(S)CC=C.F.F.F. The summed E-state index contributed by atoms with van der Waals surface area (Å²) in [4.78, 5) is 0. The van der Waals surface area contributed by atoms with Gasteiger partial charge in [-0.2, -0.15) is 0 Å². The van der Waals surface area contributed by atoms with Crippen molar-refractivity contribution in [3.63, 3.8) is 0 Å². The summed E-state index contributed by atoms with van der Waals surface area (Å²) in [5, 5.41) is 0. The second kappa shape index (κ2) is 36.1. The second-order valence-electron chi connectivity index (χ2n) is 4.35. The molecule has 9 heteroatoms. The maximum atomic E-state index is 4.08. The van der Waals surface area contributed by atoms with Crippen molar-refractivity contribution in [1.29, 1.82) is 0 Å². The van der Waals surface area contributed by atoms with Gasteiger partial charge in [-0.25, -0.2) is 12.9 Å². The quantitative estimate of drug-likeness (QED) is 0.288. The summed E-state index contributed by atoms with van der Waals surface area (Å²) >= 11 is 12.2. The molecule has 0 unspecified atom stereocenters. The predicted molar refractivity (Wildman–Crippen MR) is 130 cm³/mol. The number of rotatable bonds is 12. The Morgan fingerprint density at radius 2 is 0.519 bits per heavy atom. The lowest BCUT2D eigenvalue weighted by molar-refractivity contribution is 0.588. The molecule has 0 atom stereocenters. The van der Waals surface area contributed by atoms with Crippen LogP contribution in [0.3, 0.4) is 0 Å². The normalized spacial score (nSPS) is 8.22. The van der Waals surface area contributed by atoms with Crippen molar-refractivity contribution >= 4 is 38.4 Å². The van der Waals surface area contributed by atoms with Gasteiger partial charge in [0.25, 0.3) is 0 Å². The fourth-order valence-electron chi connectivity index (χ4n) is 1.12. The number of halogens is 3. The number of thiol groups is 3. The van der Waals surface area contributed by atoms with Crippen LogP contribution in [-0.2, 0) is 0 Å². The molecule has 0 aromatic heterocycles. The first-order valence-corrected chi connectivity index (χ1v) is 8.60. The molecule has 0 spiro atoms. The summed E-state index contributed by atoms with van der Waals surface area (Å²) in [5.74, 6) is 0. The van der Waals surface area contributed by atoms with Crippen molar-refractivity contribution in [3.8, 4) is 0 Å². The molecule has 0 saturated heterocycles. The van der Waals surface area contributed by atoms with Crippen LogP contribution in [0.1, 0.15) is 0 Å². The predicted octanol–water partition coefficient (Wildman–Crippen LogP) is 4.97. The Morgan fingerprint density at radius 1 is 0.407 bits per heavy atom. The summed E-state index contributed by atoms with van der Waals surface area (Å²) in [6.45, 7) is 26.2. The van der Waals surface area contributed by atoms with E-state index < -0.39 is 0 Å². The molecule has 0 aliphatic carbocycles. The van der Waals surface area contributed by atoms with Crippen LogP contribution in [-0.4, -0.2) is 52.2 Å². The Hall–Kier alpha value is -0.840. The van der Waals surface area contributed by atoms with Crippen LogP contribution in [0.4, 0.5) is 14.1 Å². The van der Waals surface area contributed by atoms with Crippen molar-refractivity contribution in [2.75, 3.05) is 39.3 Å². The minimum atomic E-state index is 0. The van der Waals surface area contributed by atoms with Crippen LogP contribution in [0.25, 0.3) is 0 Å². The molecule has 0 aliphatic heterocycles. The zero-order chi connectivity index (χ0) is 19.2. The lowest BCUT2D eigenvalue weighted by atomic mass is 10.5. The van der Waals surface area contributed by atoms with Crippen LogP contribution < -0.4 is 0 Å². The van der Waals surface area contributed by atoms with Gasteiger partial charge in [0.2, 0.25) is 0 Å². The highest BCUT2D eigenvalue weighted by Crippen LogP contribution is 1.91. The maximum Gasteiger partial charge on any atom is 0.0269 e. The van der Waals surface area contributed by atoms with Gasteiger partial charge >= 0.3 is 0 Å². The maximum absolute atomic E-state index is 4.08. The summed E-state index contributed by atoms with van der Waals surface area (Å²) in [6, 6.07) is 0. The van der Waals surface area contributed by atoms with E-state index in [1.54, 1.807) is 36.5 Å². The molecule has 0 fully saturated rings. The minimum Gasteiger partial charge on any atom is -0.269 e. The lowest BCUT2D eigenvalue weighted by Crippen LogP contribution is -2.10. The van der Waals surface area contributed by atoms with Gasteiger partial charge in [0.15, 0.2) is 0 Å². The van der Waals surface area contributed by atoms with Crippen molar-refractivity contribution in [1.82, 2.24) is 12.9 Å². The van der Waals surface area contributed by atoms with E-state index in [-0.39, 0.29) is 14.1 Å². The van der Waals surface area contributed by atoms with E-state index in [2.05, 4.69) is 77.9 Å². The van der Waals surface area contributed by atoms with E-state index in [0.29, 0.717) is 0 Å². The van der Waals surface area contributed by atoms with Crippen molar-refractivity contribution < 1.29 is 14.1 Å². The third kappa shape index (κ3) is 45.8. The zero-order valence-corrected chi connectivity index (χ0v) is 18.5. The molecular formula is C18H36F3N3S3. The van der Waals surface area contributed by atoms with Crippen LogP contribution in [0.15, 0.2) is 75.9 Å². The number of hydrogen-bond donors (Lipinski definition) is 3.